The van der Waals surface area contributed by atoms with Crippen molar-refractivity contribution >= 4 is 25.2 Å². The monoisotopic (exact) mass is 296 g/mol. The van der Waals surface area contributed by atoms with Gasteiger partial charge >= 0.3 is 0 Å². The van der Waals surface area contributed by atoms with Gasteiger partial charge in [-0.15, -0.1) is 0 Å². The average Bonchev–Trinajstić information content (AvgIpc) is 2.45. The lowest BCUT2D eigenvalue weighted by Crippen LogP contribution is -2.12. The number of fused-ring (bicyclic) bond motifs is 3. The first-order chi connectivity index (χ1) is 9.97. The summed E-state index contributed by atoms with van der Waals surface area (Å²) in [5.41, 5.74) is 4.69. The van der Waals surface area contributed by atoms with Crippen LogP contribution in [0.5, 0.6) is 5.75 Å². The number of halogens is 1. The summed E-state index contributed by atoms with van der Waals surface area (Å²) in [6.45, 7) is 4.07. The number of benzene rings is 2. The number of ether oxygens (including phenoxy) is 1. The van der Waals surface area contributed by atoms with Crippen molar-refractivity contribution < 1.29 is 9.53 Å². The second-order valence-corrected chi connectivity index (χ2v) is 5.84. The molecule has 3 rings (SSSR count). The Morgan fingerprint density at radius 3 is 2.76 bits per heavy atom. The zero-order chi connectivity index (χ0) is 15.1. The molecular formula is C17H14BClO2. The van der Waals surface area contributed by atoms with Crippen LogP contribution in [0.4, 0.5) is 0 Å². The summed E-state index contributed by atoms with van der Waals surface area (Å²) >= 11 is 6.00. The fourth-order valence-corrected chi connectivity index (χ4v) is 2.79. The molecule has 0 aromatic heterocycles. The van der Waals surface area contributed by atoms with Gasteiger partial charge in [0.05, 0.1) is 7.85 Å². The van der Waals surface area contributed by atoms with Crippen LogP contribution in [0.25, 0.3) is 11.1 Å². The molecule has 0 N–H and O–H groups in total. The van der Waals surface area contributed by atoms with Gasteiger partial charge in [0.1, 0.15) is 12.4 Å². The summed E-state index contributed by atoms with van der Waals surface area (Å²) in [6.07, 6.45) is 0. The van der Waals surface area contributed by atoms with Crippen molar-refractivity contribution in [1.29, 1.82) is 0 Å². The molecule has 2 nitrogen and oxygen atoms in total. The Hall–Kier alpha value is -1.74. The number of hydrogen-bond acceptors (Lipinski definition) is 2. The minimum Gasteiger partial charge on any atom is -0.488 e. The predicted octanol–water partition coefficient (Wildman–Crippen LogP) is 4.37. The normalized spacial score (nSPS) is 13.9. The summed E-state index contributed by atoms with van der Waals surface area (Å²) < 4.78 is 5.74. The molecule has 0 amide bonds. The number of aryl methyl sites for hydroxylation is 1. The van der Waals surface area contributed by atoms with E-state index in [0.717, 1.165) is 28.0 Å². The highest BCUT2D eigenvalue weighted by Gasteiger charge is 2.21. The summed E-state index contributed by atoms with van der Waals surface area (Å²) in [5, 5.41) is 0.651. The molecule has 2 aromatic carbocycles. The van der Waals surface area contributed by atoms with E-state index < -0.39 is 5.82 Å². The minimum absolute atomic E-state index is 0.0443. The standard InChI is InChI=1S/C17H14BClO2/c1-9-5-15-11(6-14(9)17(20)10(2)18)8-21-16-7-12(19)3-4-13(15)16/h3-7,10H,8H2,1-2H3. The largest absolute Gasteiger partial charge is 0.488 e. The van der Waals surface area contributed by atoms with Gasteiger partial charge < -0.3 is 4.74 Å². The second-order valence-electron chi connectivity index (χ2n) is 5.41. The highest BCUT2D eigenvalue weighted by atomic mass is 35.5. The first-order valence-electron chi connectivity index (χ1n) is 6.83. The molecule has 4 heteroatoms. The number of carbonyl (C=O) groups excluding carboxylic acids is 1. The van der Waals surface area contributed by atoms with E-state index in [-0.39, 0.29) is 5.78 Å². The maximum atomic E-state index is 12.2. The molecule has 1 aliphatic rings. The molecule has 1 unspecified atom stereocenters. The van der Waals surface area contributed by atoms with Gasteiger partial charge in [0.25, 0.3) is 0 Å². The zero-order valence-electron chi connectivity index (χ0n) is 11.9. The molecule has 1 heterocycles. The third kappa shape index (κ3) is 2.47. The van der Waals surface area contributed by atoms with Gasteiger partial charge in [-0.1, -0.05) is 24.6 Å². The lowest BCUT2D eigenvalue weighted by molar-refractivity contribution is 0.0988. The molecule has 0 fully saturated rings. The molecule has 0 bridgehead atoms. The lowest BCUT2D eigenvalue weighted by Gasteiger charge is -2.23. The Labute approximate surface area is 130 Å². The third-order valence-electron chi connectivity index (χ3n) is 3.75. The van der Waals surface area contributed by atoms with E-state index >= 15 is 0 Å². The quantitative estimate of drug-likeness (QED) is 0.608. The Morgan fingerprint density at radius 1 is 1.29 bits per heavy atom. The predicted molar refractivity (Wildman–Crippen MR) is 85.5 cm³/mol. The van der Waals surface area contributed by atoms with E-state index in [1.807, 2.05) is 37.3 Å². The molecule has 1 atom stereocenters. The molecule has 2 radical (unpaired) electrons. The molecule has 0 spiro atoms. The van der Waals surface area contributed by atoms with Crippen LogP contribution in [-0.4, -0.2) is 13.6 Å². The van der Waals surface area contributed by atoms with Gasteiger partial charge in [0.15, 0.2) is 5.78 Å². The van der Waals surface area contributed by atoms with Crippen LogP contribution in [0.15, 0.2) is 30.3 Å². The number of hydrogen-bond donors (Lipinski definition) is 0. The highest BCUT2D eigenvalue weighted by Crippen LogP contribution is 2.40. The van der Waals surface area contributed by atoms with Gasteiger partial charge in [0.2, 0.25) is 0 Å². The van der Waals surface area contributed by atoms with Crippen molar-refractivity contribution in [3.8, 4) is 16.9 Å². The van der Waals surface area contributed by atoms with Crippen molar-refractivity contribution in [3.05, 3.63) is 52.0 Å². The van der Waals surface area contributed by atoms with Gasteiger partial charge in [-0.05, 0) is 53.7 Å². The van der Waals surface area contributed by atoms with Crippen molar-refractivity contribution in [1.82, 2.24) is 0 Å². The highest BCUT2D eigenvalue weighted by molar-refractivity contribution is 6.31. The van der Waals surface area contributed by atoms with Gasteiger partial charge in [0, 0.05) is 16.1 Å². The van der Waals surface area contributed by atoms with Crippen LogP contribution >= 0.6 is 11.6 Å². The molecule has 104 valence electrons. The Kier molecular flexibility index (Phi) is 3.54. The van der Waals surface area contributed by atoms with Crippen LogP contribution in [0.2, 0.25) is 10.8 Å². The van der Waals surface area contributed by atoms with Crippen LogP contribution in [0.1, 0.15) is 28.4 Å². The SMILES string of the molecule is [B]C(C)C(=O)c1cc2c(cc1C)-c1ccc(Cl)cc1OC2. The molecular weight excluding hydrogens is 282 g/mol. The van der Waals surface area contributed by atoms with Crippen LogP contribution in [0.3, 0.4) is 0 Å². The maximum absolute atomic E-state index is 12.2. The average molecular weight is 297 g/mol. The Morgan fingerprint density at radius 2 is 2.05 bits per heavy atom. The van der Waals surface area contributed by atoms with Gasteiger partial charge in [-0.25, -0.2) is 0 Å². The van der Waals surface area contributed by atoms with E-state index in [1.165, 1.54) is 0 Å². The topological polar surface area (TPSA) is 26.3 Å². The number of rotatable bonds is 2. The summed E-state index contributed by atoms with van der Waals surface area (Å²) in [5.74, 6) is 0.232. The maximum Gasteiger partial charge on any atom is 0.157 e. The van der Waals surface area contributed by atoms with Gasteiger partial charge in [-0.3, -0.25) is 4.79 Å². The lowest BCUT2D eigenvalue weighted by atomic mass is 9.80. The summed E-state index contributed by atoms with van der Waals surface area (Å²) in [6, 6.07) is 9.53. The van der Waals surface area contributed by atoms with E-state index in [0.29, 0.717) is 17.2 Å². The van der Waals surface area contributed by atoms with Crippen molar-refractivity contribution in [2.75, 3.05) is 0 Å². The Balaban J connectivity index is 2.15. The molecule has 21 heavy (non-hydrogen) atoms. The summed E-state index contributed by atoms with van der Waals surface area (Å²) in [4.78, 5) is 12.2. The van der Waals surface area contributed by atoms with Crippen molar-refractivity contribution in [3.63, 3.8) is 0 Å². The van der Waals surface area contributed by atoms with E-state index in [4.69, 9.17) is 24.2 Å². The van der Waals surface area contributed by atoms with Gasteiger partial charge in [-0.2, -0.15) is 0 Å². The van der Waals surface area contributed by atoms with Crippen LogP contribution in [-0.2, 0) is 6.61 Å². The molecule has 2 aromatic rings. The zero-order valence-corrected chi connectivity index (χ0v) is 12.7. The first kappa shape index (κ1) is 14.2. The van der Waals surface area contributed by atoms with Crippen LogP contribution in [0, 0.1) is 6.92 Å². The van der Waals surface area contributed by atoms with Crippen molar-refractivity contribution in [2.45, 2.75) is 26.3 Å². The van der Waals surface area contributed by atoms with E-state index in [1.54, 1.807) is 6.92 Å². The van der Waals surface area contributed by atoms with E-state index in [2.05, 4.69) is 0 Å². The third-order valence-corrected chi connectivity index (χ3v) is 3.98. The number of ketones is 1. The molecule has 0 saturated carbocycles. The molecule has 1 aliphatic heterocycles. The van der Waals surface area contributed by atoms with Crippen LogP contribution < -0.4 is 4.74 Å². The fraction of sp³-hybridized carbons (Fsp3) is 0.235. The van der Waals surface area contributed by atoms with Crippen molar-refractivity contribution in [2.24, 2.45) is 0 Å². The fourth-order valence-electron chi connectivity index (χ4n) is 2.63. The Bertz CT molecular complexity index is 738. The smallest absolute Gasteiger partial charge is 0.157 e. The first-order valence-corrected chi connectivity index (χ1v) is 7.21. The molecule has 0 aliphatic carbocycles. The number of Topliss-reactive ketones (excluding diaryl/α,β-unsaturated/α-hetero) is 1. The summed E-state index contributed by atoms with van der Waals surface area (Å²) in [7, 11) is 5.71. The second kappa shape index (κ2) is 5.23. The minimum atomic E-state index is -0.502. The number of carbonyl (C=O) groups is 1. The molecule has 0 saturated heterocycles. The van der Waals surface area contributed by atoms with E-state index in [9.17, 15) is 4.79 Å².